The maximum Gasteiger partial charge on any atom is 0.228 e. The first-order valence-corrected chi connectivity index (χ1v) is 14.3. The zero-order valence-electron chi connectivity index (χ0n) is 24.5. The smallest absolute Gasteiger partial charge is 0.228 e. The van der Waals surface area contributed by atoms with Gasteiger partial charge in [0.25, 0.3) is 0 Å². The third-order valence-electron chi connectivity index (χ3n) is 8.30. The molecule has 0 unspecified atom stereocenters. The number of carbonyl (C=O) groups is 2. The fourth-order valence-corrected chi connectivity index (χ4v) is 5.65. The van der Waals surface area contributed by atoms with Crippen molar-refractivity contribution in [2.45, 2.75) is 98.8 Å². The highest BCUT2D eigenvalue weighted by atomic mass is 16.5. The predicted molar refractivity (Wildman–Crippen MR) is 153 cm³/mol. The largest absolute Gasteiger partial charge is 0.375 e. The van der Waals surface area contributed by atoms with Crippen LogP contribution >= 0.6 is 0 Å². The molecule has 0 saturated heterocycles. The Morgan fingerprint density at radius 2 is 1.47 bits per heavy atom. The Kier molecular flexibility index (Phi) is 8.37. The normalized spacial score (nSPS) is 15.9. The Bertz CT molecular complexity index is 1180. The Morgan fingerprint density at radius 3 is 2.16 bits per heavy atom. The van der Waals surface area contributed by atoms with Gasteiger partial charge in [0.1, 0.15) is 0 Å². The van der Waals surface area contributed by atoms with Gasteiger partial charge in [-0.2, -0.15) is 0 Å². The van der Waals surface area contributed by atoms with Crippen molar-refractivity contribution in [3.05, 3.63) is 69.8 Å². The zero-order valence-corrected chi connectivity index (χ0v) is 24.5. The Hall–Kier alpha value is -2.66. The molecule has 5 heteroatoms. The average molecular weight is 519 g/mol. The van der Waals surface area contributed by atoms with Crippen LogP contribution in [-0.2, 0) is 40.3 Å². The van der Waals surface area contributed by atoms with Gasteiger partial charge >= 0.3 is 0 Å². The molecule has 5 nitrogen and oxygen atoms in total. The van der Waals surface area contributed by atoms with Crippen molar-refractivity contribution in [1.29, 1.82) is 0 Å². The third-order valence-corrected chi connectivity index (χ3v) is 8.30. The van der Waals surface area contributed by atoms with E-state index < -0.39 is 11.0 Å². The highest BCUT2D eigenvalue weighted by molar-refractivity contribution is 5.82. The van der Waals surface area contributed by atoms with E-state index in [1.807, 2.05) is 37.5 Å². The van der Waals surface area contributed by atoms with Gasteiger partial charge in [-0.15, -0.1) is 0 Å². The van der Waals surface area contributed by atoms with Gasteiger partial charge in [0, 0.05) is 38.2 Å². The second-order valence-electron chi connectivity index (χ2n) is 12.9. The molecular weight excluding hydrogens is 472 g/mol. The van der Waals surface area contributed by atoms with E-state index in [1.165, 1.54) is 33.4 Å². The van der Waals surface area contributed by atoms with Crippen molar-refractivity contribution in [1.82, 2.24) is 9.80 Å². The summed E-state index contributed by atoms with van der Waals surface area (Å²) >= 11 is 0. The van der Waals surface area contributed by atoms with E-state index in [1.54, 1.807) is 0 Å². The molecule has 206 valence electrons. The van der Waals surface area contributed by atoms with Gasteiger partial charge in [0.15, 0.2) is 0 Å². The van der Waals surface area contributed by atoms with Gasteiger partial charge in [-0.25, -0.2) is 0 Å². The molecule has 2 aliphatic rings. The average Bonchev–Trinajstić information content (AvgIpc) is 2.86. The van der Waals surface area contributed by atoms with E-state index in [0.717, 1.165) is 25.9 Å². The van der Waals surface area contributed by atoms with Gasteiger partial charge in [-0.05, 0) is 73.8 Å². The van der Waals surface area contributed by atoms with Gasteiger partial charge in [-0.3, -0.25) is 9.59 Å². The summed E-state index contributed by atoms with van der Waals surface area (Å²) in [6.45, 7) is 17.8. The van der Waals surface area contributed by atoms with Crippen LogP contribution in [0.3, 0.4) is 0 Å². The molecule has 0 aliphatic carbocycles. The molecule has 2 amide bonds. The number of fused-ring (bicyclic) bond motifs is 2. The first-order chi connectivity index (χ1) is 17.8. The summed E-state index contributed by atoms with van der Waals surface area (Å²) in [7, 11) is 0. The van der Waals surface area contributed by atoms with Crippen LogP contribution in [0.15, 0.2) is 36.4 Å². The molecule has 0 N–H and O–H groups in total. The number of nitrogens with zero attached hydrogens (tertiary/aromatic N) is 2. The summed E-state index contributed by atoms with van der Waals surface area (Å²) in [6.07, 6.45) is 2.76. The van der Waals surface area contributed by atoms with Crippen molar-refractivity contribution < 1.29 is 14.3 Å². The molecular formula is C33H46N2O3. The Labute approximate surface area is 229 Å². The summed E-state index contributed by atoms with van der Waals surface area (Å²) in [4.78, 5) is 30.6. The number of hydrogen-bond acceptors (Lipinski definition) is 3. The van der Waals surface area contributed by atoms with Crippen LogP contribution in [0.4, 0.5) is 0 Å². The van der Waals surface area contributed by atoms with E-state index in [-0.39, 0.29) is 11.8 Å². The quantitative estimate of drug-likeness (QED) is 0.419. The van der Waals surface area contributed by atoms with E-state index in [0.29, 0.717) is 38.5 Å². The van der Waals surface area contributed by atoms with Gasteiger partial charge in [0.2, 0.25) is 11.8 Å². The number of rotatable bonds is 8. The standard InChI is InChI=1S/C33H46N2O3/c1-23(2)27-11-10-26-13-16-35(22-29(26)19-27)31(37)32(4,5)14-17-38-33(6,7)20-30(36)34-15-12-25-9-8-24(3)18-28(25)21-34/h8-11,18-19,23H,12-17,20-22H2,1-7H3. The molecule has 4 rings (SSSR count). The van der Waals surface area contributed by atoms with Crippen LogP contribution in [-0.4, -0.2) is 46.9 Å². The predicted octanol–water partition coefficient (Wildman–Crippen LogP) is 6.19. The fraction of sp³-hybridized carbons (Fsp3) is 0.576. The first-order valence-electron chi connectivity index (χ1n) is 14.3. The SMILES string of the molecule is Cc1ccc2c(c1)CN(C(=O)CC(C)(C)OCCC(C)(C)C(=O)N1CCc3ccc(C(C)C)cc3C1)CC2. The topological polar surface area (TPSA) is 49.9 Å². The summed E-state index contributed by atoms with van der Waals surface area (Å²) in [5, 5.41) is 0. The zero-order chi connectivity index (χ0) is 27.7. The monoisotopic (exact) mass is 518 g/mol. The van der Waals surface area contributed by atoms with Crippen LogP contribution < -0.4 is 0 Å². The number of carbonyl (C=O) groups excluding carboxylic acids is 2. The summed E-state index contributed by atoms with van der Waals surface area (Å²) in [5.74, 6) is 0.785. The lowest BCUT2D eigenvalue weighted by Crippen LogP contribution is -2.44. The number of amides is 2. The van der Waals surface area contributed by atoms with Crippen LogP contribution in [0.25, 0.3) is 0 Å². The molecule has 0 saturated carbocycles. The highest BCUT2D eigenvalue weighted by Gasteiger charge is 2.35. The van der Waals surface area contributed by atoms with Crippen molar-refractivity contribution in [2.75, 3.05) is 19.7 Å². The number of benzene rings is 2. The van der Waals surface area contributed by atoms with Gasteiger partial charge < -0.3 is 14.5 Å². The second-order valence-corrected chi connectivity index (χ2v) is 12.9. The van der Waals surface area contributed by atoms with E-state index in [4.69, 9.17) is 4.74 Å². The second kappa shape index (κ2) is 11.2. The molecule has 0 spiro atoms. The maximum absolute atomic E-state index is 13.5. The first kappa shape index (κ1) is 28.4. The minimum Gasteiger partial charge on any atom is -0.375 e. The van der Waals surface area contributed by atoms with E-state index in [2.05, 4.69) is 57.2 Å². The van der Waals surface area contributed by atoms with Crippen molar-refractivity contribution in [3.63, 3.8) is 0 Å². The molecule has 2 aliphatic heterocycles. The minimum atomic E-state index is -0.583. The minimum absolute atomic E-state index is 0.130. The fourth-order valence-electron chi connectivity index (χ4n) is 5.65. The van der Waals surface area contributed by atoms with Crippen molar-refractivity contribution >= 4 is 11.8 Å². The molecule has 0 radical (unpaired) electrons. The summed E-state index contributed by atoms with van der Waals surface area (Å²) < 4.78 is 6.23. The van der Waals surface area contributed by atoms with E-state index >= 15 is 0 Å². The molecule has 0 atom stereocenters. The number of ether oxygens (including phenoxy) is 1. The molecule has 0 bridgehead atoms. The van der Waals surface area contributed by atoms with Crippen LogP contribution in [0.2, 0.25) is 0 Å². The number of aryl methyl sites for hydroxylation is 1. The number of hydrogen-bond donors (Lipinski definition) is 0. The summed E-state index contributed by atoms with van der Waals surface area (Å²) in [5.41, 5.74) is 6.68. The van der Waals surface area contributed by atoms with Gasteiger partial charge in [-0.1, -0.05) is 69.7 Å². The lowest BCUT2D eigenvalue weighted by molar-refractivity contribution is -0.145. The van der Waals surface area contributed by atoms with Gasteiger partial charge in [0.05, 0.1) is 12.0 Å². The maximum atomic E-state index is 13.5. The Morgan fingerprint density at radius 1 is 0.868 bits per heavy atom. The molecule has 2 heterocycles. The van der Waals surface area contributed by atoms with Crippen LogP contribution in [0.1, 0.15) is 93.7 Å². The van der Waals surface area contributed by atoms with Crippen molar-refractivity contribution in [2.24, 2.45) is 5.41 Å². The van der Waals surface area contributed by atoms with Crippen molar-refractivity contribution in [3.8, 4) is 0 Å². The molecule has 38 heavy (non-hydrogen) atoms. The lowest BCUT2D eigenvalue weighted by atomic mass is 9.86. The third kappa shape index (κ3) is 6.66. The molecule has 2 aromatic carbocycles. The Balaban J connectivity index is 1.28. The van der Waals surface area contributed by atoms with Crippen LogP contribution in [0, 0.1) is 12.3 Å². The summed E-state index contributed by atoms with van der Waals surface area (Å²) in [6, 6.07) is 13.3. The van der Waals surface area contributed by atoms with E-state index in [9.17, 15) is 9.59 Å². The lowest BCUT2D eigenvalue weighted by Gasteiger charge is -2.36. The highest BCUT2D eigenvalue weighted by Crippen LogP contribution is 2.30. The molecule has 0 fully saturated rings. The molecule has 0 aromatic heterocycles. The van der Waals surface area contributed by atoms with Crippen LogP contribution in [0.5, 0.6) is 0 Å². The molecule has 2 aromatic rings.